The SMILES string of the molecule is COc1cc(C=C2N=C(c3cccc4ccccc34)OC2=O)cc(I)c1OCc1ccccc1Cl. The molecule has 35 heavy (non-hydrogen) atoms. The van der Waals surface area contributed by atoms with Crippen LogP contribution in [0.5, 0.6) is 11.5 Å². The third kappa shape index (κ3) is 4.90. The van der Waals surface area contributed by atoms with E-state index in [1.165, 1.54) is 0 Å². The maximum Gasteiger partial charge on any atom is 0.363 e. The van der Waals surface area contributed by atoms with Crippen LogP contribution in [0.25, 0.3) is 16.8 Å². The van der Waals surface area contributed by atoms with Crippen LogP contribution in [0.3, 0.4) is 0 Å². The third-order valence-electron chi connectivity index (χ3n) is 5.53. The Hall–Kier alpha value is -3.36. The molecule has 1 aliphatic heterocycles. The van der Waals surface area contributed by atoms with Crippen LogP contribution in [-0.2, 0) is 16.1 Å². The van der Waals surface area contributed by atoms with Crippen LogP contribution in [0.15, 0.2) is 89.6 Å². The van der Waals surface area contributed by atoms with E-state index < -0.39 is 5.97 Å². The fourth-order valence-electron chi connectivity index (χ4n) is 3.82. The molecule has 0 radical (unpaired) electrons. The van der Waals surface area contributed by atoms with Crippen LogP contribution in [0.2, 0.25) is 5.02 Å². The minimum Gasteiger partial charge on any atom is -0.493 e. The number of nitrogens with zero attached hydrogens (tertiary/aromatic N) is 1. The number of halogens is 2. The number of carbonyl (C=O) groups excluding carboxylic acids is 1. The Bertz CT molecular complexity index is 1510. The van der Waals surface area contributed by atoms with Gasteiger partial charge >= 0.3 is 5.97 Å². The second-order valence-electron chi connectivity index (χ2n) is 7.78. The van der Waals surface area contributed by atoms with Gasteiger partial charge in [-0.3, -0.25) is 0 Å². The number of cyclic esters (lactones) is 1. The van der Waals surface area contributed by atoms with Gasteiger partial charge in [-0.05, 0) is 69.3 Å². The van der Waals surface area contributed by atoms with Gasteiger partial charge < -0.3 is 14.2 Å². The van der Waals surface area contributed by atoms with Crippen molar-refractivity contribution >= 4 is 62.9 Å². The Morgan fingerprint density at radius 3 is 2.63 bits per heavy atom. The Balaban J connectivity index is 1.45. The first-order valence-electron chi connectivity index (χ1n) is 10.8. The molecule has 0 aromatic heterocycles. The standard InChI is InChI=1S/C28H19ClINO4/c1-33-25-15-17(13-23(30)26(25)34-16-19-8-3-5-12-22(19)29)14-24-28(32)35-27(31-24)21-11-6-9-18-7-2-4-10-20(18)21/h2-15H,16H2,1H3. The van der Waals surface area contributed by atoms with Gasteiger partial charge in [0.15, 0.2) is 17.2 Å². The summed E-state index contributed by atoms with van der Waals surface area (Å²) in [5.74, 6) is 0.935. The van der Waals surface area contributed by atoms with Gasteiger partial charge in [-0.1, -0.05) is 66.2 Å². The molecular formula is C28H19ClINO4. The van der Waals surface area contributed by atoms with Gasteiger partial charge in [-0.25, -0.2) is 9.79 Å². The Labute approximate surface area is 221 Å². The Morgan fingerprint density at radius 2 is 1.80 bits per heavy atom. The topological polar surface area (TPSA) is 57.1 Å². The van der Waals surface area contributed by atoms with E-state index >= 15 is 0 Å². The molecule has 0 atom stereocenters. The van der Waals surface area contributed by atoms with Crippen molar-refractivity contribution in [1.82, 2.24) is 0 Å². The molecule has 4 aromatic carbocycles. The van der Waals surface area contributed by atoms with Gasteiger partial charge in [0.2, 0.25) is 5.90 Å². The number of benzene rings is 4. The highest BCUT2D eigenvalue weighted by atomic mass is 127. The average molecular weight is 596 g/mol. The summed E-state index contributed by atoms with van der Waals surface area (Å²) in [5.41, 5.74) is 2.61. The summed E-state index contributed by atoms with van der Waals surface area (Å²) in [4.78, 5) is 17.1. The molecule has 5 nitrogen and oxygen atoms in total. The van der Waals surface area contributed by atoms with Gasteiger partial charge in [0.1, 0.15) is 6.61 Å². The zero-order valence-corrected chi connectivity index (χ0v) is 21.5. The number of hydrogen-bond donors (Lipinski definition) is 0. The highest BCUT2D eigenvalue weighted by Crippen LogP contribution is 2.36. The quantitative estimate of drug-likeness (QED) is 0.136. The van der Waals surface area contributed by atoms with E-state index in [0.29, 0.717) is 29.0 Å². The molecule has 0 amide bonds. The van der Waals surface area contributed by atoms with E-state index in [-0.39, 0.29) is 5.70 Å². The van der Waals surface area contributed by atoms with Crippen LogP contribution in [0.4, 0.5) is 0 Å². The molecule has 0 unspecified atom stereocenters. The van der Waals surface area contributed by atoms with Crippen molar-refractivity contribution in [1.29, 1.82) is 0 Å². The van der Waals surface area contributed by atoms with E-state index in [0.717, 1.165) is 31.0 Å². The van der Waals surface area contributed by atoms with E-state index in [1.807, 2.05) is 72.8 Å². The zero-order valence-electron chi connectivity index (χ0n) is 18.6. The molecule has 5 rings (SSSR count). The zero-order chi connectivity index (χ0) is 24.4. The van der Waals surface area contributed by atoms with Gasteiger partial charge in [-0.2, -0.15) is 0 Å². The van der Waals surface area contributed by atoms with Crippen molar-refractivity contribution in [2.45, 2.75) is 6.61 Å². The molecule has 0 aliphatic carbocycles. The fraction of sp³-hybridized carbons (Fsp3) is 0.0714. The van der Waals surface area contributed by atoms with Crippen molar-refractivity contribution in [2.75, 3.05) is 7.11 Å². The largest absolute Gasteiger partial charge is 0.493 e. The summed E-state index contributed by atoms with van der Waals surface area (Å²) in [6.45, 7) is 0.303. The number of rotatable bonds is 6. The first kappa shape index (κ1) is 23.4. The average Bonchev–Trinajstić information content (AvgIpc) is 3.23. The van der Waals surface area contributed by atoms with Gasteiger partial charge in [-0.15, -0.1) is 0 Å². The molecule has 0 fully saturated rings. The number of carbonyl (C=O) groups is 1. The lowest BCUT2D eigenvalue weighted by Gasteiger charge is -2.14. The van der Waals surface area contributed by atoms with E-state index in [2.05, 4.69) is 27.6 Å². The monoisotopic (exact) mass is 595 g/mol. The van der Waals surface area contributed by atoms with Crippen LogP contribution >= 0.6 is 34.2 Å². The molecule has 7 heteroatoms. The number of esters is 1. The normalized spacial score (nSPS) is 14.2. The lowest BCUT2D eigenvalue weighted by atomic mass is 10.0. The van der Waals surface area contributed by atoms with Crippen molar-refractivity contribution in [3.63, 3.8) is 0 Å². The summed E-state index contributed by atoms with van der Waals surface area (Å²) in [6.07, 6.45) is 1.68. The summed E-state index contributed by atoms with van der Waals surface area (Å²) in [7, 11) is 1.57. The molecule has 0 saturated heterocycles. The minimum atomic E-state index is -0.499. The molecule has 174 valence electrons. The van der Waals surface area contributed by atoms with Gasteiger partial charge in [0.25, 0.3) is 0 Å². The highest BCUT2D eigenvalue weighted by molar-refractivity contribution is 14.1. The highest BCUT2D eigenvalue weighted by Gasteiger charge is 2.25. The van der Waals surface area contributed by atoms with Crippen LogP contribution in [0.1, 0.15) is 16.7 Å². The summed E-state index contributed by atoms with van der Waals surface area (Å²) < 4.78 is 17.9. The van der Waals surface area contributed by atoms with Gasteiger partial charge in [0, 0.05) is 16.1 Å². The molecule has 1 aliphatic rings. The van der Waals surface area contributed by atoms with Crippen molar-refractivity contribution in [3.8, 4) is 11.5 Å². The molecule has 0 N–H and O–H groups in total. The van der Waals surface area contributed by atoms with E-state index in [4.69, 9.17) is 25.8 Å². The summed E-state index contributed by atoms with van der Waals surface area (Å²) >= 11 is 8.43. The Kier molecular flexibility index (Phi) is 6.74. The number of ether oxygens (including phenoxy) is 3. The molecule has 0 bridgehead atoms. The summed E-state index contributed by atoms with van der Waals surface area (Å²) in [5, 5.41) is 2.66. The second-order valence-corrected chi connectivity index (χ2v) is 9.35. The second kappa shape index (κ2) is 10.1. The van der Waals surface area contributed by atoms with E-state index in [1.54, 1.807) is 19.3 Å². The Morgan fingerprint density at radius 1 is 1.03 bits per heavy atom. The molecule has 4 aromatic rings. The predicted octanol–water partition coefficient (Wildman–Crippen LogP) is 7.03. The minimum absolute atomic E-state index is 0.218. The van der Waals surface area contributed by atoms with Gasteiger partial charge in [0.05, 0.1) is 10.7 Å². The van der Waals surface area contributed by atoms with Crippen molar-refractivity contribution in [2.24, 2.45) is 4.99 Å². The van der Waals surface area contributed by atoms with Crippen LogP contribution < -0.4 is 9.47 Å². The number of fused-ring (bicyclic) bond motifs is 1. The molecule has 0 spiro atoms. The fourth-order valence-corrected chi connectivity index (χ4v) is 4.79. The predicted molar refractivity (Wildman–Crippen MR) is 146 cm³/mol. The van der Waals surface area contributed by atoms with E-state index in [9.17, 15) is 4.79 Å². The molecule has 1 heterocycles. The lowest BCUT2D eigenvalue weighted by molar-refractivity contribution is -0.129. The van der Waals surface area contributed by atoms with Crippen molar-refractivity contribution < 1.29 is 19.0 Å². The maximum absolute atomic E-state index is 12.6. The first-order valence-corrected chi connectivity index (χ1v) is 12.2. The number of hydrogen-bond acceptors (Lipinski definition) is 5. The first-order chi connectivity index (χ1) is 17.0. The third-order valence-corrected chi connectivity index (χ3v) is 6.70. The summed E-state index contributed by atoms with van der Waals surface area (Å²) in [6, 6.07) is 25.0. The smallest absolute Gasteiger partial charge is 0.363 e. The van der Waals surface area contributed by atoms with Crippen LogP contribution in [-0.4, -0.2) is 19.0 Å². The molecular weight excluding hydrogens is 577 g/mol. The number of methoxy groups -OCH3 is 1. The maximum atomic E-state index is 12.6. The number of aliphatic imine (C=N–C) groups is 1. The molecule has 0 saturated carbocycles. The lowest BCUT2D eigenvalue weighted by Crippen LogP contribution is -2.06. The van der Waals surface area contributed by atoms with Crippen LogP contribution in [0, 0.1) is 3.57 Å². The van der Waals surface area contributed by atoms with Crippen molar-refractivity contribution in [3.05, 3.63) is 110 Å².